The van der Waals surface area contributed by atoms with Crippen LogP contribution in [0.1, 0.15) is 43.9 Å². The minimum absolute atomic E-state index is 0.310. The second-order valence-electron chi connectivity index (χ2n) is 6.46. The Hall–Kier alpha value is -1.76. The molecule has 1 aromatic heterocycles. The number of hydrogen-bond donors (Lipinski definition) is 1. The first kappa shape index (κ1) is 12.0. The van der Waals surface area contributed by atoms with Crippen molar-refractivity contribution in [1.82, 2.24) is 4.98 Å². The third-order valence-electron chi connectivity index (χ3n) is 5.07. The third kappa shape index (κ3) is 1.69. The van der Waals surface area contributed by atoms with Gasteiger partial charge in [-0.2, -0.15) is 0 Å². The van der Waals surface area contributed by atoms with Gasteiger partial charge in [0.2, 0.25) is 0 Å². The molecule has 1 unspecified atom stereocenters. The molecule has 0 saturated carbocycles. The molecule has 1 heteroatoms. The number of rotatable bonds is 1. The van der Waals surface area contributed by atoms with Crippen LogP contribution in [-0.4, -0.2) is 4.98 Å². The maximum Gasteiger partial charge on any atom is 0.0461 e. The summed E-state index contributed by atoms with van der Waals surface area (Å²) in [5.74, 6) is 0. The van der Waals surface area contributed by atoms with Gasteiger partial charge in [-0.05, 0) is 54.7 Å². The van der Waals surface area contributed by atoms with E-state index in [-0.39, 0.29) is 0 Å². The Morgan fingerprint density at radius 2 is 2.00 bits per heavy atom. The number of allylic oxidation sites excluding steroid dienone is 4. The predicted octanol–water partition coefficient (Wildman–Crippen LogP) is 5.24. The highest BCUT2D eigenvalue weighted by Gasteiger charge is 2.33. The molecule has 0 saturated heterocycles. The first-order valence-electron chi connectivity index (χ1n) is 7.73. The number of aromatic amines is 1. The van der Waals surface area contributed by atoms with E-state index >= 15 is 0 Å². The normalized spacial score (nSPS) is 25.6. The molecule has 20 heavy (non-hydrogen) atoms. The van der Waals surface area contributed by atoms with E-state index in [1.54, 1.807) is 5.57 Å². The molecule has 0 bridgehead atoms. The second kappa shape index (κ2) is 4.37. The van der Waals surface area contributed by atoms with Gasteiger partial charge in [-0.1, -0.05) is 43.4 Å². The number of aryl methyl sites for hydroxylation is 1. The van der Waals surface area contributed by atoms with Crippen LogP contribution < -0.4 is 0 Å². The highest BCUT2D eigenvalue weighted by atomic mass is 14.7. The second-order valence-corrected chi connectivity index (χ2v) is 6.46. The molecule has 2 aliphatic rings. The Balaban J connectivity index is 1.88. The number of hydrogen-bond acceptors (Lipinski definition) is 0. The zero-order valence-corrected chi connectivity index (χ0v) is 12.1. The summed E-state index contributed by atoms with van der Waals surface area (Å²) in [6.45, 7) is 2.43. The number of nitrogens with one attached hydrogen (secondary N) is 1. The fourth-order valence-electron chi connectivity index (χ4n) is 3.91. The molecule has 1 atom stereocenters. The Morgan fingerprint density at radius 3 is 2.85 bits per heavy atom. The van der Waals surface area contributed by atoms with Gasteiger partial charge in [-0.25, -0.2) is 0 Å². The van der Waals surface area contributed by atoms with Gasteiger partial charge in [0, 0.05) is 16.6 Å². The van der Waals surface area contributed by atoms with Crippen LogP contribution in [0.5, 0.6) is 0 Å². The molecule has 1 heterocycles. The van der Waals surface area contributed by atoms with E-state index < -0.39 is 0 Å². The first-order valence-corrected chi connectivity index (χ1v) is 7.73. The summed E-state index contributed by atoms with van der Waals surface area (Å²) in [6, 6.07) is 8.74. The fraction of sp³-hybridized carbons (Fsp3) is 0.368. The van der Waals surface area contributed by atoms with E-state index in [1.807, 2.05) is 0 Å². The van der Waals surface area contributed by atoms with Crippen molar-refractivity contribution >= 4 is 16.5 Å². The molecule has 1 aromatic carbocycles. The minimum atomic E-state index is 0.310. The number of H-pyrrole nitrogens is 1. The predicted molar refractivity (Wildman–Crippen MR) is 85.7 cm³/mol. The van der Waals surface area contributed by atoms with Crippen LogP contribution in [0.25, 0.3) is 16.5 Å². The molecule has 1 nitrogen and oxygen atoms in total. The molecule has 0 spiro atoms. The van der Waals surface area contributed by atoms with E-state index in [0.717, 1.165) is 0 Å². The summed E-state index contributed by atoms with van der Waals surface area (Å²) in [5.41, 5.74) is 6.11. The average molecular weight is 263 g/mol. The topological polar surface area (TPSA) is 15.8 Å². The quantitative estimate of drug-likeness (QED) is 0.677. The Labute approximate surface area is 120 Å². The Bertz CT molecular complexity index is 716. The van der Waals surface area contributed by atoms with Gasteiger partial charge in [0.05, 0.1) is 0 Å². The lowest BCUT2D eigenvalue weighted by molar-refractivity contribution is 0.401. The molecule has 0 amide bonds. The van der Waals surface area contributed by atoms with Crippen LogP contribution in [0.15, 0.2) is 42.5 Å². The smallest absolute Gasteiger partial charge is 0.0461 e. The Kier molecular flexibility index (Phi) is 2.63. The lowest BCUT2D eigenvalue weighted by atomic mass is 9.69. The molecule has 0 aliphatic heterocycles. The largest absolute Gasteiger partial charge is 0.355 e. The van der Waals surface area contributed by atoms with Crippen molar-refractivity contribution in [1.29, 1.82) is 0 Å². The monoisotopic (exact) mass is 263 g/mol. The maximum absolute atomic E-state index is 3.70. The van der Waals surface area contributed by atoms with E-state index in [0.29, 0.717) is 5.41 Å². The van der Waals surface area contributed by atoms with E-state index in [4.69, 9.17) is 0 Å². The lowest BCUT2D eigenvalue weighted by Crippen LogP contribution is -2.22. The van der Waals surface area contributed by atoms with Crippen LogP contribution in [0.4, 0.5) is 0 Å². The Morgan fingerprint density at radius 1 is 1.10 bits per heavy atom. The van der Waals surface area contributed by atoms with Crippen molar-refractivity contribution in [3.8, 4) is 0 Å². The molecule has 0 radical (unpaired) electrons. The highest BCUT2D eigenvalue weighted by Crippen LogP contribution is 2.47. The van der Waals surface area contributed by atoms with Crippen LogP contribution in [0.3, 0.4) is 0 Å². The zero-order valence-electron chi connectivity index (χ0n) is 12.1. The maximum atomic E-state index is 3.70. The van der Waals surface area contributed by atoms with Gasteiger partial charge in [0.1, 0.15) is 0 Å². The molecule has 4 rings (SSSR count). The summed E-state index contributed by atoms with van der Waals surface area (Å²) in [6.07, 6.45) is 13.2. The fourth-order valence-corrected chi connectivity index (χ4v) is 3.91. The summed E-state index contributed by atoms with van der Waals surface area (Å²) in [4.78, 5) is 3.70. The molecular formula is C19H21N. The number of para-hydroxylation sites is 1. The van der Waals surface area contributed by atoms with Gasteiger partial charge < -0.3 is 4.98 Å². The summed E-state index contributed by atoms with van der Waals surface area (Å²) >= 11 is 0. The van der Waals surface area contributed by atoms with Gasteiger partial charge in [0.25, 0.3) is 0 Å². The van der Waals surface area contributed by atoms with E-state index in [2.05, 4.69) is 54.4 Å². The van der Waals surface area contributed by atoms with Crippen molar-refractivity contribution in [3.63, 3.8) is 0 Å². The summed E-state index contributed by atoms with van der Waals surface area (Å²) in [7, 11) is 0. The van der Waals surface area contributed by atoms with E-state index in [1.165, 1.54) is 54.3 Å². The van der Waals surface area contributed by atoms with Gasteiger partial charge >= 0.3 is 0 Å². The molecular weight excluding hydrogens is 242 g/mol. The standard InChI is InChI=1S/C19H21N/c1-19(12-5-2-6-13-19)16-10-7-9-15-14-8-3-4-11-17(14)20-18(15)16/h2-5,8,10-11,20H,6-7,9,12-13H2,1H3. The summed E-state index contributed by atoms with van der Waals surface area (Å²) < 4.78 is 0. The van der Waals surface area contributed by atoms with Crippen LogP contribution in [0, 0.1) is 5.41 Å². The zero-order chi connectivity index (χ0) is 13.6. The molecule has 102 valence electrons. The number of benzene rings is 1. The minimum Gasteiger partial charge on any atom is -0.355 e. The highest BCUT2D eigenvalue weighted by molar-refractivity contribution is 5.91. The van der Waals surface area contributed by atoms with Gasteiger partial charge in [0.15, 0.2) is 0 Å². The SMILES string of the molecule is CC1(C2=CCCc3c2[nH]c2ccccc32)CC=CCC1. The lowest BCUT2D eigenvalue weighted by Gasteiger charge is -2.35. The van der Waals surface area contributed by atoms with Crippen LogP contribution >= 0.6 is 0 Å². The molecule has 2 aromatic rings. The molecule has 2 aliphatic carbocycles. The van der Waals surface area contributed by atoms with Crippen molar-refractivity contribution in [2.75, 3.05) is 0 Å². The van der Waals surface area contributed by atoms with Gasteiger partial charge in [-0.15, -0.1) is 0 Å². The van der Waals surface area contributed by atoms with Crippen LogP contribution in [-0.2, 0) is 6.42 Å². The number of fused-ring (bicyclic) bond motifs is 3. The van der Waals surface area contributed by atoms with Crippen LogP contribution in [0.2, 0.25) is 0 Å². The van der Waals surface area contributed by atoms with E-state index in [9.17, 15) is 0 Å². The van der Waals surface area contributed by atoms with Crippen molar-refractivity contribution in [2.45, 2.75) is 39.0 Å². The first-order chi connectivity index (χ1) is 9.78. The molecule has 0 fully saturated rings. The average Bonchev–Trinajstić information content (AvgIpc) is 2.86. The van der Waals surface area contributed by atoms with Crippen molar-refractivity contribution in [3.05, 3.63) is 53.8 Å². The third-order valence-corrected chi connectivity index (χ3v) is 5.07. The number of aromatic nitrogens is 1. The summed E-state index contributed by atoms with van der Waals surface area (Å²) in [5, 5.41) is 1.42. The van der Waals surface area contributed by atoms with Crippen molar-refractivity contribution in [2.24, 2.45) is 5.41 Å². The molecule has 1 N–H and O–H groups in total. The van der Waals surface area contributed by atoms with Crippen molar-refractivity contribution < 1.29 is 0 Å². The van der Waals surface area contributed by atoms with Gasteiger partial charge in [-0.3, -0.25) is 0 Å².